The Labute approximate surface area is 170 Å². The third-order valence-corrected chi connectivity index (χ3v) is 3.85. The monoisotopic (exact) mass is 398 g/mol. The first-order chi connectivity index (χ1) is 14.0. The van der Waals surface area contributed by atoms with Gasteiger partial charge < -0.3 is 24.8 Å². The maximum atomic E-state index is 12.4. The van der Waals surface area contributed by atoms with Crippen molar-refractivity contribution < 1.29 is 23.8 Å². The Bertz CT molecular complexity index is 893. The van der Waals surface area contributed by atoms with Crippen molar-refractivity contribution in [2.45, 2.75) is 20.3 Å². The molecule has 0 aliphatic heterocycles. The molecule has 7 heteroatoms. The minimum atomic E-state index is -0.339. The van der Waals surface area contributed by atoms with Gasteiger partial charge in [-0.2, -0.15) is 0 Å². The van der Waals surface area contributed by atoms with Crippen LogP contribution in [0.25, 0.3) is 6.08 Å². The highest BCUT2D eigenvalue weighted by Crippen LogP contribution is 2.29. The van der Waals surface area contributed by atoms with Crippen LogP contribution >= 0.6 is 0 Å². The van der Waals surface area contributed by atoms with Crippen LogP contribution in [0.4, 0.5) is 11.4 Å². The number of amides is 2. The fourth-order valence-electron chi connectivity index (χ4n) is 2.55. The summed E-state index contributed by atoms with van der Waals surface area (Å²) in [5.41, 5.74) is 1.80. The second kappa shape index (κ2) is 10.8. The van der Waals surface area contributed by atoms with Gasteiger partial charge in [-0.25, -0.2) is 0 Å². The number of carbonyl (C=O) groups excluding carboxylic acids is 2. The second-order valence-corrected chi connectivity index (χ2v) is 6.18. The summed E-state index contributed by atoms with van der Waals surface area (Å²) in [6.07, 6.45) is 3.98. The summed E-state index contributed by atoms with van der Waals surface area (Å²) in [6, 6.07) is 10.5. The van der Waals surface area contributed by atoms with Crippen LogP contribution in [0, 0.1) is 0 Å². The molecule has 0 spiro atoms. The summed E-state index contributed by atoms with van der Waals surface area (Å²) in [5, 5.41) is 5.43. The molecular formula is C22H26N2O5. The van der Waals surface area contributed by atoms with Crippen LogP contribution < -0.4 is 24.8 Å². The molecule has 0 unspecified atom stereocenters. The Balaban J connectivity index is 2.12. The van der Waals surface area contributed by atoms with Gasteiger partial charge in [-0.15, -0.1) is 0 Å². The smallest absolute Gasteiger partial charge is 0.248 e. The maximum absolute atomic E-state index is 12.4. The van der Waals surface area contributed by atoms with E-state index in [1.54, 1.807) is 37.5 Å². The van der Waals surface area contributed by atoms with Crippen LogP contribution in [0.2, 0.25) is 0 Å². The van der Waals surface area contributed by atoms with E-state index in [1.807, 2.05) is 19.1 Å². The Morgan fingerprint density at radius 3 is 2.34 bits per heavy atom. The van der Waals surface area contributed by atoms with E-state index in [4.69, 9.17) is 14.2 Å². The summed E-state index contributed by atoms with van der Waals surface area (Å²) in [4.78, 5) is 23.6. The van der Waals surface area contributed by atoms with Crippen molar-refractivity contribution in [1.82, 2.24) is 0 Å². The fraction of sp³-hybridized carbons (Fsp3) is 0.273. The zero-order valence-electron chi connectivity index (χ0n) is 17.1. The highest BCUT2D eigenvalue weighted by molar-refractivity contribution is 6.03. The minimum Gasteiger partial charge on any atom is -0.495 e. The van der Waals surface area contributed by atoms with E-state index in [9.17, 15) is 9.59 Å². The molecule has 154 valence electrons. The average Bonchev–Trinajstić information content (AvgIpc) is 2.70. The molecule has 7 nitrogen and oxygen atoms in total. The first kappa shape index (κ1) is 21.8. The van der Waals surface area contributed by atoms with E-state index in [0.717, 1.165) is 12.0 Å². The van der Waals surface area contributed by atoms with E-state index < -0.39 is 0 Å². The lowest BCUT2D eigenvalue weighted by molar-refractivity contribution is -0.114. The Kier molecular flexibility index (Phi) is 8.09. The molecule has 0 saturated carbocycles. The number of methoxy groups -OCH3 is 2. The highest BCUT2D eigenvalue weighted by Gasteiger charge is 2.08. The molecule has 0 aliphatic carbocycles. The lowest BCUT2D eigenvalue weighted by atomic mass is 10.2. The maximum Gasteiger partial charge on any atom is 0.248 e. The third kappa shape index (κ3) is 6.57. The highest BCUT2D eigenvalue weighted by atomic mass is 16.5. The standard InChI is InChI=1S/C22H26N2O5/c1-5-12-29-20-9-6-16(13-21(20)28-4)7-11-22(26)24-18-14-17(23-15(2)25)8-10-19(18)27-3/h6-11,13-14H,5,12H2,1-4H3,(H,23,25)(H,24,26)/b11-7+. The number of benzene rings is 2. The van der Waals surface area contributed by atoms with E-state index in [-0.39, 0.29) is 11.8 Å². The molecule has 2 aromatic carbocycles. The molecule has 2 rings (SSSR count). The lowest BCUT2D eigenvalue weighted by Crippen LogP contribution is -2.10. The molecule has 0 aromatic heterocycles. The van der Waals surface area contributed by atoms with Gasteiger partial charge in [0.2, 0.25) is 11.8 Å². The predicted octanol–water partition coefficient (Wildman–Crippen LogP) is 4.10. The Morgan fingerprint density at radius 1 is 0.966 bits per heavy atom. The Hall–Kier alpha value is -3.48. The largest absolute Gasteiger partial charge is 0.495 e. The number of rotatable bonds is 9. The zero-order chi connectivity index (χ0) is 21.2. The van der Waals surface area contributed by atoms with Crippen LogP contribution in [0.3, 0.4) is 0 Å². The van der Waals surface area contributed by atoms with Crippen molar-refractivity contribution in [3.8, 4) is 17.2 Å². The van der Waals surface area contributed by atoms with Gasteiger partial charge in [0.05, 0.1) is 26.5 Å². The van der Waals surface area contributed by atoms with Gasteiger partial charge in [-0.1, -0.05) is 13.0 Å². The molecule has 0 saturated heterocycles. The molecule has 2 aromatic rings. The number of hydrogen-bond acceptors (Lipinski definition) is 5. The first-order valence-corrected chi connectivity index (χ1v) is 9.22. The predicted molar refractivity (Wildman–Crippen MR) is 114 cm³/mol. The van der Waals surface area contributed by atoms with Crippen molar-refractivity contribution >= 4 is 29.3 Å². The van der Waals surface area contributed by atoms with Gasteiger partial charge in [-0.3, -0.25) is 9.59 Å². The molecule has 0 aliphatic rings. The quantitative estimate of drug-likeness (QED) is 0.621. The number of hydrogen-bond donors (Lipinski definition) is 2. The van der Waals surface area contributed by atoms with Crippen molar-refractivity contribution in [1.29, 1.82) is 0 Å². The Morgan fingerprint density at radius 2 is 1.69 bits per heavy atom. The third-order valence-electron chi connectivity index (χ3n) is 3.85. The van der Waals surface area contributed by atoms with Crippen molar-refractivity contribution in [3.63, 3.8) is 0 Å². The molecular weight excluding hydrogens is 372 g/mol. The summed E-state index contributed by atoms with van der Waals surface area (Å²) in [7, 11) is 3.08. The van der Waals surface area contributed by atoms with Gasteiger partial charge in [0.15, 0.2) is 11.5 Å². The fourth-order valence-corrected chi connectivity index (χ4v) is 2.55. The molecule has 0 bridgehead atoms. The van der Waals surface area contributed by atoms with Crippen LogP contribution in [0.5, 0.6) is 17.2 Å². The van der Waals surface area contributed by atoms with Gasteiger partial charge in [0.1, 0.15) is 5.75 Å². The number of carbonyl (C=O) groups is 2. The normalized spacial score (nSPS) is 10.5. The number of nitrogens with one attached hydrogen (secondary N) is 2. The van der Waals surface area contributed by atoms with Gasteiger partial charge in [0, 0.05) is 18.7 Å². The van der Waals surface area contributed by atoms with Crippen molar-refractivity contribution in [3.05, 3.63) is 48.0 Å². The van der Waals surface area contributed by atoms with E-state index in [2.05, 4.69) is 10.6 Å². The average molecular weight is 398 g/mol. The van der Waals surface area contributed by atoms with E-state index >= 15 is 0 Å². The SMILES string of the molecule is CCCOc1ccc(/C=C/C(=O)Nc2cc(NC(C)=O)ccc2OC)cc1OC. The molecule has 0 heterocycles. The molecule has 0 fully saturated rings. The zero-order valence-corrected chi connectivity index (χ0v) is 17.1. The number of ether oxygens (including phenoxy) is 3. The molecule has 0 atom stereocenters. The van der Waals surface area contributed by atoms with E-state index in [1.165, 1.54) is 20.1 Å². The van der Waals surface area contributed by atoms with Gasteiger partial charge >= 0.3 is 0 Å². The molecule has 0 radical (unpaired) electrons. The van der Waals surface area contributed by atoms with Crippen LogP contribution in [-0.4, -0.2) is 32.6 Å². The van der Waals surface area contributed by atoms with Crippen LogP contribution in [-0.2, 0) is 9.59 Å². The summed E-state index contributed by atoms with van der Waals surface area (Å²) in [6.45, 7) is 4.05. The topological polar surface area (TPSA) is 85.9 Å². The summed E-state index contributed by atoms with van der Waals surface area (Å²) >= 11 is 0. The molecule has 2 amide bonds. The van der Waals surface area contributed by atoms with Crippen molar-refractivity contribution in [2.75, 3.05) is 31.5 Å². The summed E-state index contributed by atoms with van der Waals surface area (Å²) in [5.74, 6) is 1.21. The number of anilines is 2. The molecule has 2 N–H and O–H groups in total. The summed E-state index contributed by atoms with van der Waals surface area (Å²) < 4.78 is 16.2. The second-order valence-electron chi connectivity index (χ2n) is 6.18. The van der Waals surface area contributed by atoms with E-state index in [0.29, 0.717) is 35.2 Å². The molecule has 29 heavy (non-hydrogen) atoms. The van der Waals surface area contributed by atoms with Crippen LogP contribution in [0.1, 0.15) is 25.8 Å². The minimum absolute atomic E-state index is 0.201. The lowest BCUT2D eigenvalue weighted by Gasteiger charge is -2.11. The first-order valence-electron chi connectivity index (χ1n) is 9.22. The van der Waals surface area contributed by atoms with Gasteiger partial charge in [-0.05, 0) is 48.4 Å². The van der Waals surface area contributed by atoms with Gasteiger partial charge in [0.25, 0.3) is 0 Å². The van der Waals surface area contributed by atoms with Crippen LogP contribution in [0.15, 0.2) is 42.5 Å². The van der Waals surface area contributed by atoms with Crippen molar-refractivity contribution in [2.24, 2.45) is 0 Å².